The van der Waals surface area contributed by atoms with Gasteiger partial charge in [-0.05, 0) is 48.9 Å². The summed E-state index contributed by atoms with van der Waals surface area (Å²) in [6.07, 6.45) is 0.911. The molecule has 1 amide bonds. The highest BCUT2D eigenvalue weighted by molar-refractivity contribution is 9.10. The average Bonchev–Trinajstić information content (AvgIpc) is 2.83. The minimum Gasteiger partial charge on any atom is -0.322 e. The average molecular weight is 391 g/mol. The van der Waals surface area contributed by atoms with Crippen molar-refractivity contribution in [2.45, 2.75) is 19.9 Å². The molecule has 1 aromatic heterocycles. The van der Waals surface area contributed by atoms with E-state index in [4.69, 9.17) is 0 Å². The molecule has 3 aromatic rings. The van der Waals surface area contributed by atoms with E-state index in [1.807, 2.05) is 37.3 Å². The number of carbonyl (C=O) groups excluding carboxylic acids is 1. The summed E-state index contributed by atoms with van der Waals surface area (Å²) < 4.78 is 3.59. The Kier molecular flexibility index (Phi) is 4.63. The summed E-state index contributed by atoms with van der Waals surface area (Å²) in [5, 5.41) is 2.87. The van der Waals surface area contributed by atoms with E-state index in [0.29, 0.717) is 17.8 Å². The first-order chi connectivity index (χ1) is 11.1. The van der Waals surface area contributed by atoms with Gasteiger partial charge in [-0.25, -0.2) is 0 Å². The third-order valence-electron chi connectivity index (χ3n) is 3.48. The Hall–Kier alpha value is -1.92. The minimum atomic E-state index is -0.169. The summed E-state index contributed by atoms with van der Waals surface area (Å²) in [5.41, 5.74) is 2.20. The van der Waals surface area contributed by atoms with Crippen LogP contribution in [0.3, 0.4) is 0 Å². The Morgan fingerprint density at radius 3 is 2.65 bits per heavy atom. The fourth-order valence-electron chi connectivity index (χ4n) is 2.38. The number of carbonyl (C=O) groups is 1. The predicted octanol–water partition coefficient (Wildman–Crippen LogP) is 4.49. The summed E-state index contributed by atoms with van der Waals surface area (Å²) in [6.45, 7) is 2.76. The molecular formula is C17H15BrN2O2S. The maximum atomic E-state index is 12.2. The number of anilines is 1. The SMILES string of the molecule is CCCn1c(=O)sc2cc(NC(=O)c3ccc(Br)cc3)ccc21. The number of aromatic nitrogens is 1. The fraction of sp³-hybridized carbons (Fsp3) is 0.176. The second kappa shape index (κ2) is 6.68. The molecule has 3 rings (SSSR count). The van der Waals surface area contributed by atoms with E-state index in [2.05, 4.69) is 21.2 Å². The van der Waals surface area contributed by atoms with Gasteiger partial charge in [0.05, 0.1) is 10.2 Å². The maximum absolute atomic E-state index is 12.2. The minimum absolute atomic E-state index is 0.0400. The van der Waals surface area contributed by atoms with Crippen molar-refractivity contribution in [2.24, 2.45) is 0 Å². The van der Waals surface area contributed by atoms with Crippen LogP contribution in [0.1, 0.15) is 23.7 Å². The van der Waals surface area contributed by atoms with Gasteiger partial charge in [0.2, 0.25) is 0 Å². The first-order valence-corrected chi connectivity index (χ1v) is 8.89. The Bertz CT molecular complexity index is 912. The number of hydrogen-bond donors (Lipinski definition) is 1. The number of fused-ring (bicyclic) bond motifs is 1. The molecule has 1 heterocycles. The molecule has 4 nitrogen and oxygen atoms in total. The van der Waals surface area contributed by atoms with Crippen LogP contribution in [-0.4, -0.2) is 10.5 Å². The lowest BCUT2D eigenvalue weighted by Gasteiger charge is -2.06. The summed E-state index contributed by atoms with van der Waals surface area (Å²) in [7, 11) is 0. The molecule has 1 N–H and O–H groups in total. The Labute approximate surface area is 145 Å². The Morgan fingerprint density at radius 1 is 1.22 bits per heavy atom. The summed E-state index contributed by atoms with van der Waals surface area (Å²) in [4.78, 5) is 24.3. The number of benzene rings is 2. The molecular weight excluding hydrogens is 376 g/mol. The largest absolute Gasteiger partial charge is 0.322 e. The number of amides is 1. The van der Waals surface area contributed by atoms with Crippen molar-refractivity contribution in [3.05, 3.63) is 62.2 Å². The van der Waals surface area contributed by atoms with Crippen molar-refractivity contribution >= 4 is 49.1 Å². The smallest absolute Gasteiger partial charge is 0.308 e. The van der Waals surface area contributed by atoms with Gasteiger partial charge in [0, 0.05) is 22.3 Å². The maximum Gasteiger partial charge on any atom is 0.308 e. The lowest BCUT2D eigenvalue weighted by molar-refractivity contribution is 0.102. The molecule has 0 radical (unpaired) electrons. The Balaban J connectivity index is 1.87. The highest BCUT2D eigenvalue weighted by Gasteiger charge is 2.10. The van der Waals surface area contributed by atoms with Gasteiger partial charge in [0.25, 0.3) is 5.91 Å². The highest BCUT2D eigenvalue weighted by Crippen LogP contribution is 2.22. The van der Waals surface area contributed by atoms with Crippen LogP contribution in [0.25, 0.3) is 10.2 Å². The van der Waals surface area contributed by atoms with Crippen LogP contribution in [0.15, 0.2) is 51.7 Å². The summed E-state index contributed by atoms with van der Waals surface area (Å²) in [5.74, 6) is -0.169. The van der Waals surface area contributed by atoms with Gasteiger partial charge in [-0.3, -0.25) is 14.2 Å². The topological polar surface area (TPSA) is 51.1 Å². The van der Waals surface area contributed by atoms with E-state index < -0.39 is 0 Å². The zero-order valence-corrected chi connectivity index (χ0v) is 14.9. The zero-order valence-electron chi connectivity index (χ0n) is 12.5. The molecule has 0 fully saturated rings. The van der Waals surface area contributed by atoms with Gasteiger partial charge in [0.1, 0.15) is 0 Å². The molecule has 0 unspecified atom stereocenters. The lowest BCUT2D eigenvalue weighted by atomic mass is 10.2. The highest BCUT2D eigenvalue weighted by atomic mass is 79.9. The lowest BCUT2D eigenvalue weighted by Crippen LogP contribution is -2.12. The molecule has 0 atom stereocenters. The van der Waals surface area contributed by atoms with Crippen LogP contribution in [0.5, 0.6) is 0 Å². The number of rotatable bonds is 4. The van der Waals surface area contributed by atoms with Gasteiger partial charge in [0.15, 0.2) is 0 Å². The van der Waals surface area contributed by atoms with Crippen LogP contribution in [-0.2, 0) is 6.54 Å². The summed E-state index contributed by atoms with van der Waals surface area (Å²) >= 11 is 4.56. The number of halogens is 1. The van der Waals surface area contributed by atoms with Crippen molar-refractivity contribution in [3.8, 4) is 0 Å². The number of hydrogen-bond acceptors (Lipinski definition) is 3. The molecule has 2 aromatic carbocycles. The normalized spacial score (nSPS) is 10.9. The molecule has 0 saturated carbocycles. The van der Waals surface area contributed by atoms with Crippen molar-refractivity contribution in [1.82, 2.24) is 4.57 Å². The van der Waals surface area contributed by atoms with Gasteiger partial charge >= 0.3 is 4.87 Å². The van der Waals surface area contributed by atoms with Crippen molar-refractivity contribution < 1.29 is 4.79 Å². The molecule has 118 valence electrons. The van der Waals surface area contributed by atoms with E-state index in [9.17, 15) is 9.59 Å². The van der Waals surface area contributed by atoms with E-state index in [1.165, 1.54) is 11.3 Å². The number of aryl methyl sites for hydroxylation is 1. The van der Waals surface area contributed by atoms with Gasteiger partial charge in [-0.2, -0.15) is 0 Å². The fourth-order valence-corrected chi connectivity index (χ4v) is 3.60. The zero-order chi connectivity index (χ0) is 16.4. The quantitative estimate of drug-likeness (QED) is 0.713. The standard InChI is InChI=1S/C17H15BrN2O2S/c1-2-9-20-14-8-7-13(10-15(14)23-17(20)22)19-16(21)11-3-5-12(18)6-4-11/h3-8,10H,2,9H2,1H3,(H,19,21). The van der Waals surface area contributed by atoms with Crippen LogP contribution >= 0.6 is 27.3 Å². The van der Waals surface area contributed by atoms with E-state index in [0.717, 1.165) is 21.1 Å². The molecule has 23 heavy (non-hydrogen) atoms. The number of nitrogens with zero attached hydrogens (tertiary/aromatic N) is 1. The molecule has 0 saturated heterocycles. The molecule has 0 aliphatic rings. The molecule has 0 aliphatic heterocycles. The van der Waals surface area contributed by atoms with Crippen LogP contribution in [0, 0.1) is 0 Å². The molecule has 0 spiro atoms. The van der Waals surface area contributed by atoms with Crippen LogP contribution in [0.4, 0.5) is 5.69 Å². The van der Waals surface area contributed by atoms with Crippen molar-refractivity contribution in [3.63, 3.8) is 0 Å². The third-order valence-corrected chi connectivity index (χ3v) is 4.95. The van der Waals surface area contributed by atoms with Gasteiger partial charge in [-0.15, -0.1) is 0 Å². The third kappa shape index (κ3) is 3.38. The number of thiazole rings is 1. The first-order valence-electron chi connectivity index (χ1n) is 7.29. The second-order valence-electron chi connectivity index (χ2n) is 5.16. The van der Waals surface area contributed by atoms with Crippen molar-refractivity contribution in [2.75, 3.05) is 5.32 Å². The number of nitrogens with one attached hydrogen (secondary N) is 1. The molecule has 6 heteroatoms. The second-order valence-corrected chi connectivity index (χ2v) is 7.07. The van der Waals surface area contributed by atoms with E-state index in [1.54, 1.807) is 16.7 Å². The van der Waals surface area contributed by atoms with Gasteiger partial charge in [-0.1, -0.05) is 34.2 Å². The predicted molar refractivity (Wildman–Crippen MR) is 98.5 cm³/mol. The molecule has 0 aliphatic carbocycles. The van der Waals surface area contributed by atoms with Crippen LogP contribution in [0.2, 0.25) is 0 Å². The van der Waals surface area contributed by atoms with Crippen molar-refractivity contribution in [1.29, 1.82) is 0 Å². The Morgan fingerprint density at radius 2 is 1.96 bits per heavy atom. The monoisotopic (exact) mass is 390 g/mol. The first kappa shape index (κ1) is 16.0. The van der Waals surface area contributed by atoms with E-state index >= 15 is 0 Å². The van der Waals surface area contributed by atoms with E-state index in [-0.39, 0.29) is 10.8 Å². The van der Waals surface area contributed by atoms with Crippen LogP contribution < -0.4 is 10.2 Å². The summed E-state index contributed by atoms with van der Waals surface area (Å²) in [6, 6.07) is 12.7. The van der Waals surface area contributed by atoms with Gasteiger partial charge < -0.3 is 5.32 Å². The molecule has 0 bridgehead atoms.